The molecule has 124 valence electrons. The highest BCUT2D eigenvalue weighted by molar-refractivity contribution is 6.30. The molecule has 1 heterocycles. The first-order valence-corrected chi connectivity index (χ1v) is 9.23. The fraction of sp³-hybridized carbons (Fsp3) is 0.381. The average molecular weight is 340 g/mol. The molecule has 2 aromatic carbocycles. The quantitative estimate of drug-likeness (QED) is 0.728. The molecule has 0 unspecified atom stereocenters. The van der Waals surface area contributed by atoms with Gasteiger partial charge in [0.15, 0.2) is 0 Å². The molecule has 2 aliphatic rings. The average Bonchev–Trinajstić information content (AvgIpc) is 2.63. The number of Topliss-reactive ketones (excluding diaryl/α,β-unsaturated/α-hetero) is 1. The molecule has 0 radical (unpaired) electrons. The maximum Gasteiger partial charge on any atom is 0.140 e. The lowest BCUT2D eigenvalue weighted by Gasteiger charge is -2.49. The van der Waals surface area contributed by atoms with Crippen LogP contribution in [-0.2, 0) is 4.79 Å². The molecule has 0 aromatic heterocycles. The number of anilines is 1. The van der Waals surface area contributed by atoms with Crippen LogP contribution in [-0.4, -0.2) is 11.8 Å². The summed E-state index contributed by atoms with van der Waals surface area (Å²) in [5.41, 5.74) is 2.41. The fourth-order valence-electron chi connectivity index (χ4n) is 4.43. The minimum absolute atomic E-state index is 0.108. The highest BCUT2D eigenvalue weighted by Gasteiger charge is 2.43. The Hall–Kier alpha value is -1.80. The third-order valence-corrected chi connectivity index (χ3v) is 5.79. The van der Waals surface area contributed by atoms with E-state index >= 15 is 0 Å². The zero-order valence-corrected chi connectivity index (χ0v) is 14.5. The Morgan fingerprint density at radius 2 is 1.62 bits per heavy atom. The van der Waals surface area contributed by atoms with Crippen LogP contribution in [0.5, 0.6) is 0 Å². The summed E-state index contributed by atoms with van der Waals surface area (Å²) in [5.74, 6) is 0.634. The number of benzene rings is 2. The van der Waals surface area contributed by atoms with E-state index in [2.05, 4.69) is 41.3 Å². The normalized spacial score (nSPS) is 27.0. The van der Waals surface area contributed by atoms with Gasteiger partial charge in [0, 0.05) is 29.1 Å². The van der Waals surface area contributed by atoms with Crippen molar-refractivity contribution in [3.05, 3.63) is 65.2 Å². The van der Waals surface area contributed by atoms with Crippen molar-refractivity contribution in [3.8, 4) is 0 Å². The second-order valence-corrected chi connectivity index (χ2v) is 7.38. The van der Waals surface area contributed by atoms with Crippen LogP contribution in [0.15, 0.2) is 54.6 Å². The van der Waals surface area contributed by atoms with Gasteiger partial charge in [-0.05, 0) is 42.7 Å². The Morgan fingerprint density at radius 1 is 0.917 bits per heavy atom. The largest absolute Gasteiger partial charge is 0.360 e. The molecular formula is C21H22ClNO. The Kier molecular flexibility index (Phi) is 4.32. The lowest BCUT2D eigenvalue weighted by atomic mass is 9.74. The molecule has 2 nitrogen and oxygen atoms in total. The van der Waals surface area contributed by atoms with Gasteiger partial charge in [-0.25, -0.2) is 0 Å². The van der Waals surface area contributed by atoms with Crippen molar-refractivity contribution in [2.45, 2.75) is 44.2 Å². The molecule has 0 amide bonds. The highest BCUT2D eigenvalue weighted by Crippen LogP contribution is 2.44. The molecule has 2 aromatic rings. The standard InChI is InChI=1S/C21H22ClNO/c22-16-12-10-15(11-13-16)20-14-21(24)18-8-4-5-9-19(18)23(20)17-6-2-1-3-7-17/h1-3,6-7,10-13,18-20H,4-5,8-9,14H2/t18-,19-,20-/m1/s1. The molecule has 2 fully saturated rings. The van der Waals surface area contributed by atoms with Crippen molar-refractivity contribution < 1.29 is 4.79 Å². The molecule has 0 spiro atoms. The van der Waals surface area contributed by atoms with Crippen LogP contribution in [0.1, 0.15) is 43.7 Å². The second-order valence-electron chi connectivity index (χ2n) is 6.94. The summed E-state index contributed by atoms with van der Waals surface area (Å²) in [5, 5.41) is 0.739. The summed E-state index contributed by atoms with van der Waals surface area (Å²) in [6, 6.07) is 19.0. The van der Waals surface area contributed by atoms with Gasteiger partial charge in [0.1, 0.15) is 5.78 Å². The number of ketones is 1. The second kappa shape index (κ2) is 6.60. The minimum Gasteiger partial charge on any atom is -0.360 e. The van der Waals surface area contributed by atoms with Crippen LogP contribution in [0.3, 0.4) is 0 Å². The van der Waals surface area contributed by atoms with Gasteiger partial charge < -0.3 is 4.90 Å². The Balaban J connectivity index is 1.77. The Morgan fingerprint density at radius 3 is 2.38 bits per heavy atom. The predicted molar refractivity (Wildman–Crippen MR) is 98.5 cm³/mol. The summed E-state index contributed by atoms with van der Waals surface area (Å²) in [6.07, 6.45) is 5.14. The number of hydrogen-bond donors (Lipinski definition) is 0. The van der Waals surface area contributed by atoms with E-state index in [1.807, 2.05) is 18.2 Å². The van der Waals surface area contributed by atoms with E-state index in [0.29, 0.717) is 18.2 Å². The van der Waals surface area contributed by atoms with E-state index in [9.17, 15) is 4.79 Å². The van der Waals surface area contributed by atoms with Crippen molar-refractivity contribution in [1.82, 2.24) is 0 Å². The molecule has 24 heavy (non-hydrogen) atoms. The van der Waals surface area contributed by atoms with Crippen molar-refractivity contribution in [2.75, 3.05) is 4.90 Å². The number of nitrogens with zero attached hydrogens (tertiary/aromatic N) is 1. The summed E-state index contributed by atoms with van der Waals surface area (Å²) >= 11 is 6.06. The van der Waals surface area contributed by atoms with Gasteiger partial charge in [-0.15, -0.1) is 0 Å². The molecule has 0 bridgehead atoms. The van der Waals surface area contributed by atoms with Crippen molar-refractivity contribution >= 4 is 23.1 Å². The zero-order valence-electron chi connectivity index (χ0n) is 13.7. The van der Waals surface area contributed by atoms with Crippen LogP contribution in [0, 0.1) is 5.92 Å². The Labute approximate surface area is 148 Å². The van der Waals surface area contributed by atoms with Crippen LogP contribution in [0.2, 0.25) is 5.02 Å². The number of piperidine rings is 1. The van der Waals surface area contributed by atoms with E-state index in [4.69, 9.17) is 11.6 Å². The van der Waals surface area contributed by atoms with E-state index in [0.717, 1.165) is 17.9 Å². The van der Waals surface area contributed by atoms with Gasteiger partial charge in [-0.3, -0.25) is 4.79 Å². The highest BCUT2D eigenvalue weighted by atomic mass is 35.5. The fourth-order valence-corrected chi connectivity index (χ4v) is 4.55. The number of para-hydroxylation sites is 1. The van der Waals surface area contributed by atoms with Crippen LogP contribution >= 0.6 is 11.6 Å². The van der Waals surface area contributed by atoms with Crippen LogP contribution in [0.25, 0.3) is 0 Å². The van der Waals surface area contributed by atoms with Gasteiger partial charge in [0.05, 0.1) is 6.04 Å². The van der Waals surface area contributed by atoms with Crippen molar-refractivity contribution in [3.63, 3.8) is 0 Å². The third kappa shape index (κ3) is 2.84. The number of hydrogen-bond acceptors (Lipinski definition) is 2. The summed E-state index contributed by atoms with van der Waals surface area (Å²) in [7, 11) is 0. The van der Waals surface area contributed by atoms with Gasteiger partial charge >= 0.3 is 0 Å². The van der Waals surface area contributed by atoms with Crippen molar-refractivity contribution in [1.29, 1.82) is 0 Å². The molecule has 1 saturated heterocycles. The molecular weight excluding hydrogens is 318 g/mol. The maximum absolute atomic E-state index is 12.8. The Bertz CT molecular complexity index is 712. The third-order valence-electron chi connectivity index (χ3n) is 5.54. The molecule has 3 atom stereocenters. The zero-order chi connectivity index (χ0) is 16.5. The first-order chi connectivity index (χ1) is 11.7. The molecule has 1 aliphatic heterocycles. The molecule has 0 N–H and O–H groups in total. The van der Waals surface area contributed by atoms with Gasteiger partial charge in [0.2, 0.25) is 0 Å². The number of carbonyl (C=O) groups is 1. The van der Waals surface area contributed by atoms with E-state index < -0.39 is 0 Å². The summed E-state index contributed by atoms with van der Waals surface area (Å²) in [4.78, 5) is 15.3. The van der Waals surface area contributed by atoms with Gasteiger partial charge in [-0.2, -0.15) is 0 Å². The molecule has 1 aliphatic carbocycles. The molecule has 1 saturated carbocycles. The number of fused-ring (bicyclic) bond motifs is 1. The van der Waals surface area contributed by atoms with E-state index in [1.54, 1.807) is 0 Å². The molecule has 4 rings (SSSR count). The maximum atomic E-state index is 12.8. The number of halogens is 1. The van der Waals surface area contributed by atoms with E-state index in [-0.39, 0.29) is 12.0 Å². The number of carbonyl (C=O) groups excluding carboxylic acids is 1. The number of rotatable bonds is 2. The SMILES string of the molecule is O=C1C[C@H](c2ccc(Cl)cc2)N(c2ccccc2)[C@@H]2CCCC[C@@H]12. The first kappa shape index (κ1) is 15.7. The lowest BCUT2D eigenvalue weighted by molar-refractivity contribution is -0.126. The minimum atomic E-state index is 0.108. The monoisotopic (exact) mass is 339 g/mol. The van der Waals surface area contributed by atoms with Crippen LogP contribution < -0.4 is 4.90 Å². The smallest absolute Gasteiger partial charge is 0.140 e. The first-order valence-electron chi connectivity index (χ1n) is 8.85. The molecule has 3 heteroatoms. The van der Waals surface area contributed by atoms with E-state index in [1.165, 1.54) is 24.1 Å². The topological polar surface area (TPSA) is 20.3 Å². The van der Waals surface area contributed by atoms with Gasteiger partial charge in [0.25, 0.3) is 0 Å². The summed E-state index contributed by atoms with van der Waals surface area (Å²) < 4.78 is 0. The predicted octanol–water partition coefficient (Wildman–Crippen LogP) is 5.42. The summed E-state index contributed by atoms with van der Waals surface area (Å²) in [6.45, 7) is 0. The van der Waals surface area contributed by atoms with Crippen LogP contribution in [0.4, 0.5) is 5.69 Å². The lowest BCUT2D eigenvalue weighted by Crippen LogP contribution is -2.52. The van der Waals surface area contributed by atoms with Crippen molar-refractivity contribution in [2.24, 2.45) is 5.92 Å². The van der Waals surface area contributed by atoms with Gasteiger partial charge in [-0.1, -0.05) is 54.8 Å².